The number of rotatable bonds is 8. The summed E-state index contributed by atoms with van der Waals surface area (Å²) < 4.78 is 10.8. The van der Waals surface area contributed by atoms with Gasteiger partial charge in [-0.1, -0.05) is 29.8 Å². The SMILES string of the molecule is Cc1ccc([C@@H](CCOC(=O)C(C)(C)C)[C@H](COC(=O)C(C)(C)C)N=C=O)cc1. The highest BCUT2D eigenvalue weighted by Crippen LogP contribution is 2.28. The molecule has 0 spiro atoms. The summed E-state index contributed by atoms with van der Waals surface area (Å²) in [4.78, 5) is 39.2. The Labute approximate surface area is 173 Å². The minimum absolute atomic E-state index is 0.0445. The van der Waals surface area contributed by atoms with E-state index in [0.717, 1.165) is 11.1 Å². The fourth-order valence-corrected chi connectivity index (χ4v) is 2.58. The smallest absolute Gasteiger partial charge is 0.311 e. The molecule has 0 saturated carbocycles. The van der Waals surface area contributed by atoms with Crippen molar-refractivity contribution in [2.24, 2.45) is 15.8 Å². The number of aryl methyl sites for hydroxylation is 1. The van der Waals surface area contributed by atoms with E-state index in [-0.39, 0.29) is 31.1 Å². The lowest BCUT2D eigenvalue weighted by Gasteiger charge is -2.26. The maximum absolute atomic E-state index is 12.2. The van der Waals surface area contributed by atoms with Gasteiger partial charge in [-0.3, -0.25) is 9.59 Å². The van der Waals surface area contributed by atoms with Gasteiger partial charge in [0, 0.05) is 5.92 Å². The summed E-state index contributed by atoms with van der Waals surface area (Å²) in [5, 5.41) is 0. The van der Waals surface area contributed by atoms with Crippen molar-refractivity contribution in [2.75, 3.05) is 13.2 Å². The van der Waals surface area contributed by atoms with Gasteiger partial charge in [-0.25, -0.2) is 4.79 Å². The molecule has 160 valence electrons. The molecule has 0 fully saturated rings. The fraction of sp³-hybridized carbons (Fsp3) is 0.609. The first kappa shape index (κ1) is 24.6. The molecule has 0 aliphatic heterocycles. The Morgan fingerprint density at radius 3 is 1.97 bits per heavy atom. The molecule has 1 aromatic rings. The average molecular weight is 404 g/mol. The van der Waals surface area contributed by atoms with E-state index in [2.05, 4.69) is 4.99 Å². The van der Waals surface area contributed by atoms with Crippen LogP contribution < -0.4 is 0 Å². The van der Waals surface area contributed by atoms with Crippen molar-refractivity contribution in [3.05, 3.63) is 35.4 Å². The third-order valence-corrected chi connectivity index (χ3v) is 4.46. The lowest BCUT2D eigenvalue weighted by molar-refractivity contribution is -0.153. The Kier molecular flexibility index (Phi) is 8.78. The molecule has 0 aromatic heterocycles. The monoisotopic (exact) mass is 403 g/mol. The summed E-state index contributed by atoms with van der Waals surface area (Å²) in [7, 11) is 0. The van der Waals surface area contributed by atoms with Crippen LogP contribution in [0.1, 0.15) is 65.0 Å². The van der Waals surface area contributed by atoms with Crippen molar-refractivity contribution in [3.8, 4) is 0 Å². The number of aliphatic imine (C=N–C) groups is 1. The molecule has 0 bridgehead atoms. The molecule has 0 saturated heterocycles. The zero-order valence-electron chi connectivity index (χ0n) is 18.6. The zero-order chi connectivity index (χ0) is 22.2. The predicted molar refractivity (Wildman–Crippen MR) is 111 cm³/mol. The molecule has 2 atom stereocenters. The van der Waals surface area contributed by atoms with Gasteiger partial charge in [0.25, 0.3) is 0 Å². The van der Waals surface area contributed by atoms with Gasteiger partial charge in [0.1, 0.15) is 12.6 Å². The van der Waals surface area contributed by atoms with Crippen LogP contribution in [0.5, 0.6) is 0 Å². The first-order valence-corrected chi connectivity index (χ1v) is 9.84. The van der Waals surface area contributed by atoms with Crippen molar-refractivity contribution in [1.29, 1.82) is 0 Å². The second kappa shape index (κ2) is 10.4. The quantitative estimate of drug-likeness (QED) is 0.366. The van der Waals surface area contributed by atoms with Crippen molar-refractivity contribution >= 4 is 18.0 Å². The molecule has 0 heterocycles. The highest BCUT2D eigenvalue weighted by molar-refractivity contribution is 5.75. The maximum Gasteiger partial charge on any atom is 0.311 e. The molecule has 6 heteroatoms. The highest BCUT2D eigenvalue weighted by Gasteiger charge is 2.29. The van der Waals surface area contributed by atoms with Gasteiger partial charge in [-0.15, -0.1) is 0 Å². The molecule has 6 nitrogen and oxygen atoms in total. The van der Waals surface area contributed by atoms with E-state index in [9.17, 15) is 14.4 Å². The Balaban J connectivity index is 3.02. The van der Waals surface area contributed by atoms with E-state index in [1.54, 1.807) is 47.6 Å². The lowest BCUT2D eigenvalue weighted by Crippen LogP contribution is -2.30. The summed E-state index contributed by atoms with van der Waals surface area (Å²) in [6.07, 6.45) is 2.03. The molecule has 0 unspecified atom stereocenters. The van der Waals surface area contributed by atoms with Gasteiger partial charge in [0.2, 0.25) is 6.08 Å². The number of hydrogen-bond donors (Lipinski definition) is 0. The van der Waals surface area contributed by atoms with Gasteiger partial charge in [-0.05, 0) is 60.5 Å². The second-order valence-corrected chi connectivity index (χ2v) is 9.33. The first-order valence-electron chi connectivity index (χ1n) is 9.84. The summed E-state index contributed by atoms with van der Waals surface area (Å²) >= 11 is 0. The van der Waals surface area contributed by atoms with Crippen LogP contribution in [0.25, 0.3) is 0 Å². The highest BCUT2D eigenvalue weighted by atomic mass is 16.5. The normalized spacial score (nSPS) is 13.8. The molecule has 1 aromatic carbocycles. The maximum atomic E-state index is 12.2. The number of isocyanates is 1. The minimum atomic E-state index is -0.656. The molecule has 29 heavy (non-hydrogen) atoms. The number of carbonyl (C=O) groups excluding carboxylic acids is 3. The van der Waals surface area contributed by atoms with Crippen LogP contribution in [0.15, 0.2) is 29.3 Å². The largest absolute Gasteiger partial charge is 0.465 e. The molecular formula is C23H33NO5. The Morgan fingerprint density at radius 1 is 0.966 bits per heavy atom. The van der Waals surface area contributed by atoms with E-state index in [4.69, 9.17) is 9.47 Å². The fourth-order valence-electron chi connectivity index (χ4n) is 2.58. The number of nitrogens with zero attached hydrogens (tertiary/aromatic N) is 1. The number of hydrogen-bond acceptors (Lipinski definition) is 6. The van der Waals surface area contributed by atoms with Crippen molar-refractivity contribution < 1.29 is 23.9 Å². The van der Waals surface area contributed by atoms with Gasteiger partial charge < -0.3 is 9.47 Å². The average Bonchev–Trinajstić information content (AvgIpc) is 2.61. The van der Waals surface area contributed by atoms with E-state index >= 15 is 0 Å². The van der Waals surface area contributed by atoms with Gasteiger partial charge >= 0.3 is 11.9 Å². The van der Waals surface area contributed by atoms with Gasteiger partial charge in [0.15, 0.2) is 0 Å². The molecule has 0 radical (unpaired) electrons. The van der Waals surface area contributed by atoms with Crippen LogP contribution in [-0.4, -0.2) is 37.3 Å². The zero-order valence-corrected chi connectivity index (χ0v) is 18.6. The lowest BCUT2D eigenvalue weighted by atomic mass is 9.88. The number of benzene rings is 1. The van der Waals surface area contributed by atoms with Crippen LogP contribution in [0.4, 0.5) is 0 Å². The third-order valence-electron chi connectivity index (χ3n) is 4.46. The topological polar surface area (TPSA) is 82.0 Å². The molecule has 0 aliphatic carbocycles. The summed E-state index contributed by atoms with van der Waals surface area (Å²) in [6.45, 7) is 12.8. The van der Waals surface area contributed by atoms with Crippen molar-refractivity contribution in [3.63, 3.8) is 0 Å². The number of esters is 2. The van der Waals surface area contributed by atoms with E-state index < -0.39 is 16.9 Å². The predicted octanol–water partition coefficient (Wildman–Crippen LogP) is 4.35. The van der Waals surface area contributed by atoms with Crippen LogP contribution >= 0.6 is 0 Å². The standard InChI is InChI=1S/C23H33NO5/c1-16-8-10-17(11-9-16)18(12-13-28-20(26)22(2,3)4)19(24-15-25)14-29-21(27)23(5,6)7/h8-11,18-19H,12-14H2,1-7H3/t18-,19+/m1/s1. The third kappa shape index (κ3) is 8.20. The Bertz CT molecular complexity index is 734. The van der Waals surface area contributed by atoms with E-state index in [1.807, 2.05) is 31.2 Å². The summed E-state index contributed by atoms with van der Waals surface area (Å²) in [6, 6.07) is 7.21. The summed E-state index contributed by atoms with van der Waals surface area (Å²) in [5.41, 5.74) is 0.776. The molecule has 0 N–H and O–H groups in total. The van der Waals surface area contributed by atoms with E-state index in [1.165, 1.54) is 0 Å². The summed E-state index contributed by atoms with van der Waals surface area (Å²) in [5.74, 6) is -0.933. The second-order valence-electron chi connectivity index (χ2n) is 9.33. The Morgan fingerprint density at radius 2 is 1.48 bits per heavy atom. The molecular weight excluding hydrogens is 370 g/mol. The first-order chi connectivity index (χ1) is 13.4. The van der Waals surface area contributed by atoms with Crippen LogP contribution in [0.3, 0.4) is 0 Å². The number of carbonyl (C=O) groups is 2. The number of ether oxygens (including phenoxy) is 2. The Hall–Kier alpha value is -2.46. The minimum Gasteiger partial charge on any atom is -0.465 e. The molecule has 1 rings (SSSR count). The van der Waals surface area contributed by atoms with Crippen LogP contribution in [0, 0.1) is 17.8 Å². The van der Waals surface area contributed by atoms with Crippen LogP contribution in [-0.2, 0) is 23.9 Å². The van der Waals surface area contributed by atoms with Crippen molar-refractivity contribution in [1.82, 2.24) is 0 Å². The van der Waals surface area contributed by atoms with Crippen LogP contribution in [0.2, 0.25) is 0 Å². The molecule has 0 amide bonds. The van der Waals surface area contributed by atoms with Gasteiger partial charge in [0.05, 0.1) is 17.4 Å². The molecule has 0 aliphatic rings. The van der Waals surface area contributed by atoms with Gasteiger partial charge in [-0.2, -0.15) is 4.99 Å². The van der Waals surface area contributed by atoms with Crippen molar-refractivity contribution in [2.45, 2.75) is 66.8 Å². The van der Waals surface area contributed by atoms with E-state index in [0.29, 0.717) is 6.42 Å².